The van der Waals surface area contributed by atoms with Gasteiger partial charge >= 0.3 is 5.97 Å². The van der Waals surface area contributed by atoms with Gasteiger partial charge in [-0.25, -0.2) is 4.98 Å². The number of para-hydroxylation sites is 1. The van der Waals surface area contributed by atoms with Gasteiger partial charge in [0.05, 0.1) is 30.6 Å². The Bertz CT molecular complexity index is 681. The lowest BCUT2D eigenvalue weighted by atomic mass is 10.2. The third kappa shape index (κ3) is 3.88. The summed E-state index contributed by atoms with van der Waals surface area (Å²) in [6, 6.07) is 7.18. The Morgan fingerprint density at radius 2 is 2.10 bits per heavy atom. The molecule has 0 radical (unpaired) electrons. The Morgan fingerprint density at radius 3 is 2.81 bits per heavy atom. The molecule has 2 rings (SSSR count). The lowest BCUT2D eigenvalue weighted by molar-refractivity contribution is -0.144. The van der Waals surface area contributed by atoms with Crippen LogP contribution in [0.5, 0.6) is 0 Å². The number of H-pyrrole nitrogens is 1. The van der Waals surface area contributed by atoms with E-state index in [-0.39, 0.29) is 18.1 Å². The van der Waals surface area contributed by atoms with Gasteiger partial charge in [-0.05, 0) is 25.6 Å². The molecule has 0 unspecified atom stereocenters. The minimum atomic E-state index is -0.275. The number of esters is 1. The van der Waals surface area contributed by atoms with Crippen LogP contribution in [0.1, 0.15) is 19.7 Å². The Kier molecular flexibility index (Phi) is 5.05. The Morgan fingerprint density at radius 1 is 1.33 bits per heavy atom. The number of nitrogens with zero attached hydrogens (tertiary/aromatic N) is 2. The maximum absolute atomic E-state index is 12.0. The maximum Gasteiger partial charge on any atom is 0.320 e. The lowest BCUT2D eigenvalue weighted by Crippen LogP contribution is -2.31. The van der Waals surface area contributed by atoms with Crippen molar-refractivity contribution in [2.45, 2.75) is 20.4 Å². The molecule has 1 aromatic heterocycles. The molecule has 0 saturated heterocycles. The maximum atomic E-state index is 12.0. The number of aromatic nitrogens is 2. The van der Waals surface area contributed by atoms with Gasteiger partial charge in [0.15, 0.2) is 0 Å². The van der Waals surface area contributed by atoms with E-state index in [9.17, 15) is 9.59 Å². The Hall–Kier alpha value is -2.21. The van der Waals surface area contributed by atoms with E-state index >= 15 is 0 Å². The molecule has 6 heteroatoms. The van der Waals surface area contributed by atoms with E-state index in [0.717, 1.165) is 0 Å². The average molecular weight is 289 g/mol. The summed E-state index contributed by atoms with van der Waals surface area (Å²) in [6.07, 6.45) is 0. The number of carbonyl (C=O) groups is 1. The highest BCUT2D eigenvalue weighted by molar-refractivity contribution is 5.77. The number of ether oxygens (including phenoxy) is 1. The molecule has 21 heavy (non-hydrogen) atoms. The van der Waals surface area contributed by atoms with Crippen molar-refractivity contribution >= 4 is 16.9 Å². The first-order valence-electron chi connectivity index (χ1n) is 7.00. The van der Waals surface area contributed by atoms with Gasteiger partial charge in [0.2, 0.25) is 0 Å². The van der Waals surface area contributed by atoms with Crippen molar-refractivity contribution in [3.8, 4) is 0 Å². The highest BCUT2D eigenvalue weighted by Crippen LogP contribution is 2.07. The number of carbonyl (C=O) groups excluding carboxylic acids is 1. The van der Waals surface area contributed by atoms with E-state index < -0.39 is 0 Å². The SMILES string of the molecule is CCOC(=O)CN(CC)Cc1nc2ccccc2c(=O)[nH]1. The molecular weight excluding hydrogens is 270 g/mol. The van der Waals surface area contributed by atoms with E-state index in [2.05, 4.69) is 9.97 Å². The number of aromatic amines is 1. The molecule has 0 bridgehead atoms. The molecule has 6 nitrogen and oxygen atoms in total. The second kappa shape index (κ2) is 6.99. The Labute approximate surface area is 122 Å². The molecule has 0 aliphatic carbocycles. The van der Waals surface area contributed by atoms with Crippen LogP contribution in [0.3, 0.4) is 0 Å². The molecule has 112 valence electrons. The quantitative estimate of drug-likeness (QED) is 0.811. The third-order valence-electron chi connectivity index (χ3n) is 3.14. The number of benzene rings is 1. The van der Waals surface area contributed by atoms with Gasteiger partial charge in [-0.3, -0.25) is 14.5 Å². The fourth-order valence-electron chi connectivity index (χ4n) is 2.09. The monoisotopic (exact) mass is 289 g/mol. The zero-order valence-corrected chi connectivity index (χ0v) is 12.3. The summed E-state index contributed by atoms with van der Waals surface area (Å²) in [5.41, 5.74) is 0.492. The number of fused-ring (bicyclic) bond motifs is 1. The van der Waals surface area contributed by atoms with Gasteiger partial charge in [-0.15, -0.1) is 0 Å². The second-order valence-electron chi connectivity index (χ2n) is 4.64. The minimum absolute atomic E-state index is 0.164. The van der Waals surface area contributed by atoms with Crippen LogP contribution >= 0.6 is 0 Å². The highest BCUT2D eigenvalue weighted by atomic mass is 16.5. The van der Waals surface area contributed by atoms with Crippen LogP contribution in [0.25, 0.3) is 10.9 Å². The minimum Gasteiger partial charge on any atom is -0.465 e. The van der Waals surface area contributed by atoms with Crippen molar-refractivity contribution in [1.82, 2.24) is 14.9 Å². The van der Waals surface area contributed by atoms with E-state index in [1.807, 2.05) is 17.9 Å². The van der Waals surface area contributed by atoms with E-state index in [4.69, 9.17) is 4.74 Å². The largest absolute Gasteiger partial charge is 0.465 e. The summed E-state index contributed by atoms with van der Waals surface area (Å²) in [5.74, 6) is 0.271. The topological polar surface area (TPSA) is 75.3 Å². The van der Waals surface area contributed by atoms with E-state index in [0.29, 0.717) is 36.4 Å². The van der Waals surface area contributed by atoms with Crippen LogP contribution in [0.15, 0.2) is 29.1 Å². The number of nitrogens with one attached hydrogen (secondary N) is 1. The molecule has 0 spiro atoms. The van der Waals surface area contributed by atoms with Crippen LogP contribution in [-0.4, -0.2) is 40.5 Å². The first-order chi connectivity index (χ1) is 10.1. The zero-order chi connectivity index (χ0) is 15.2. The van der Waals surface area contributed by atoms with Crippen LogP contribution in [-0.2, 0) is 16.1 Å². The fraction of sp³-hybridized carbons (Fsp3) is 0.400. The van der Waals surface area contributed by atoms with Crippen LogP contribution in [0.4, 0.5) is 0 Å². The molecule has 0 saturated carbocycles. The summed E-state index contributed by atoms with van der Waals surface area (Å²) in [5, 5.41) is 0.565. The zero-order valence-electron chi connectivity index (χ0n) is 12.3. The van der Waals surface area contributed by atoms with Crippen LogP contribution in [0, 0.1) is 0 Å². The van der Waals surface area contributed by atoms with Crippen molar-refractivity contribution < 1.29 is 9.53 Å². The normalized spacial score (nSPS) is 11.0. The summed E-state index contributed by atoms with van der Waals surface area (Å²) in [7, 11) is 0. The molecule has 1 N–H and O–H groups in total. The molecule has 0 atom stereocenters. The average Bonchev–Trinajstić information content (AvgIpc) is 2.47. The first kappa shape index (κ1) is 15.2. The summed E-state index contributed by atoms with van der Waals surface area (Å²) in [6.45, 7) is 5.32. The summed E-state index contributed by atoms with van der Waals surface area (Å²) >= 11 is 0. The standard InChI is InChI=1S/C15H19N3O3/c1-3-18(10-14(19)21-4-2)9-13-16-12-8-6-5-7-11(12)15(20)17-13/h5-8H,3-4,9-10H2,1-2H3,(H,16,17,20). The van der Waals surface area contributed by atoms with Crippen LogP contribution < -0.4 is 5.56 Å². The van der Waals surface area contributed by atoms with Crippen molar-refractivity contribution in [3.05, 3.63) is 40.4 Å². The van der Waals surface area contributed by atoms with Gasteiger partial charge in [-0.2, -0.15) is 0 Å². The number of rotatable bonds is 6. The van der Waals surface area contributed by atoms with E-state index in [1.54, 1.807) is 25.1 Å². The van der Waals surface area contributed by atoms with Gasteiger partial charge < -0.3 is 9.72 Å². The highest BCUT2D eigenvalue weighted by Gasteiger charge is 2.12. The number of likely N-dealkylation sites (N-methyl/N-ethyl adjacent to an activating group) is 1. The smallest absolute Gasteiger partial charge is 0.320 e. The molecular formula is C15H19N3O3. The summed E-state index contributed by atoms with van der Waals surface area (Å²) < 4.78 is 4.93. The van der Waals surface area contributed by atoms with Gasteiger partial charge in [0.1, 0.15) is 5.82 Å². The third-order valence-corrected chi connectivity index (χ3v) is 3.14. The van der Waals surface area contributed by atoms with Crippen molar-refractivity contribution in [2.75, 3.05) is 19.7 Å². The fourth-order valence-corrected chi connectivity index (χ4v) is 2.09. The van der Waals surface area contributed by atoms with Gasteiger partial charge in [-0.1, -0.05) is 19.1 Å². The number of hydrogen-bond donors (Lipinski definition) is 1. The summed E-state index contributed by atoms with van der Waals surface area (Å²) in [4.78, 5) is 32.6. The van der Waals surface area contributed by atoms with Crippen molar-refractivity contribution in [1.29, 1.82) is 0 Å². The van der Waals surface area contributed by atoms with Gasteiger partial charge in [0.25, 0.3) is 5.56 Å². The number of hydrogen-bond acceptors (Lipinski definition) is 5. The lowest BCUT2D eigenvalue weighted by Gasteiger charge is -2.18. The molecule has 0 amide bonds. The van der Waals surface area contributed by atoms with Crippen LogP contribution in [0.2, 0.25) is 0 Å². The second-order valence-corrected chi connectivity index (χ2v) is 4.64. The van der Waals surface area contributed by atoms with Crippen molar-refractivity contribution in [2.24, 2.45) is 0 Å². The van der Waals surface area contributed by atoms with Crippen molar-refractivity contribution in [3.63, 3.8) is 0 Å². The predicted octanol–water partition coefficient (Wildman–Crippen LogP) is 1.31. The van der Waals surface area contributed by atoms with Gasteiger partial charge in [0, 0.05) is 0 Å². The Balaban J connectivity index is 2.18. The molecule has 2 aromatic rings. The van der Waals surface area contributed by atoms with E-state index in [1.165, 1.54) is 0 Å². The molecule has 0 fully saturated rings. The molecule has 0 aliphatic heterocycles. The molecule has 1 heterocycles. The first-order valence-corrected chi connectivity index (χ1v) is 7.00. The predicted molar refractivity (Wildman–Crippen MR) is 79.9 cm³/mol. The molecule has 0 aliphatic rings. The molecule has 1 aromatic carbocycles.